The molecular formula is C12H27NO6Si. The van der Waals surface area contributed by atoms with Crippen molar-refractivity contribution >= 4 is 8.80 Å². The van der Waals surface area contributed by atoms with Gasteiger partial charge in [0.15, 0.2) is 0 Å². The molecule has 1 aliphatic heterocycles. The topological polar surface area (TPSA) is 84.7 Å². The summed E-state index contributed by atoms with van der Waals surface area (Å²) in [4.78, 5) is 4.67. The minimum absolute atomic E-state index is 0.174. The average Bonchev–Trinajstić information content (AvgIpc) is 3.23. The molecule has 1 fully saturated rings. The van der Waals surface area contributed by atoms with Gasteiger partial charge in [-0.2, -0.15) is 0 Å². The van der Waals surface area contributed by atoms with Crippen LogP contribution >= 0.6 is 0 Å². The Hall–Kier alpha value is -0.0631. The van der Waals surface area contributed by atoms with Crippen LogP contribution in [-0.4, -0.2) is 60.3 Å². The van der Waals surface area contributed by atoms with Crippen LogP contribution in [0.3, 0.4) is 0 Å². The lowest BCUT2D eigenvalue weighted by atomic mass is 10.4. The van der Waals surface area contributed by atoms with E-state index in [0.29, 0.717) is 39.5 Å². The van der Waals surface area contributed by atoms with E-state index in [0.717, 1.165) is 6.61 Å². The van der Waals surface area contributed by atoms with Crippen LogP contribution in [0.5, 0.6) is 0 Å². The van der Waals surface area contributed by atoms with Crippen molar-refractivity contribution in [3.05, 3.63) is 0 Å². The number of ether oxygens (including phenoxy) is 2. The van der Waals surface area contributed by atoms with Crippen molar-refractivity contribution in [2.45, 2.75) is 39.0 Å². The summed E-state index contributed by atoms with van der Waals surface area (Å²) in [5, 5.41) is 0. The highest BCUT2D eigenvalue weighted by molar-refractivity contribution is 6.62. The number of nitrogens with two attached hydrogens (primary N) is 1. The van der Waals surface area contributed by atoms with E-state index in [1.54, 1.807) is 0 Å². The summed E-state index contributed by atoms with van der Waals surface area (Å²) in [5.41, 5.74) is -0.296. The molecule has 0 bridgehead atoms. The third-order valence-electron chi connectivity index (χ3n) is 2.81. The van der Waals surface area contributed by atoms with Gasteiger partial charge in [-0.3, -0.25) is 0 Å². The molecule has 0 radical (unpaired) electrons. The summed E-state index contributed by atoms with van der Waals surface area (Å²) in [6.07, 6.45) is 0.739. The van der Waals surface area contributed by atoms with Gasteiger partial charge in [-0.05, 0) is 20.8 Å². The quantitative estimate of drug-likeness (QED) is 0.303. The van der Waals surface area contributed by atoms with Gasteiger partial charge < -0.3 is 27.6 Å². The Morgan fingerprint density at radius 1 is 1.15 bits per heavy atom. The molecule has 7 nitrogen and oxygen atoms in total. The molecule has 20 heavy (non-hydrogen) atoms. The molecule has 0 aromatic carbocycles. The summed E-state index contributed by atoms with van der Waals surface area (Å²) in [6, 6.07) is 0. The van der Waals surface area contributed by atoms with Crippen molar-refractivity contribution in [1.29, 1.82) is 0 Å². The molecule has 2 unspecified atom stereocenters. The van der Waals surface area contributed by atoms with Gasteiger partial charge in [0, 0.05) is 26.2 Å². The van der Waals surface area contributed by atoms with Crippen LogP contribution in [0.25, 0.3) is 0 Å². The highest BCUT2D eigenvalue weighted by Crippen LogP contribution is 2.22. The van der Waals surface area contributed by atoms with E-state index in [9.17, 15) is 0 Å². The lowest BCUT2D eigenvalue weighted by Gasteiger charge is -2.34. The monoisotopic (exact) mass is 309 g/mol. The van der Waals surface area contributed by atoms with Crippen molar-refractivity contribution in [3.63, 3.8) is 0 Å². The Bertz CT molecular complexity index is 237. The maximum Gasteiger partial charge on any atom is 0.531 e. The molecule has 0 aliphatic carbocycles. The minimum atomic E-state index is -2.91. The first kappa shape index (κ1) is 18.0. The second-order valence-corrected chi connectivity index (χ2v) is 7.06. The van der Waals surface area contributed by atoms with Gasteiger partial charge in [-0.1, -0.05) is 0 Å². The van der Waals surface area contributed by atoms with Gasteiger partial charge in [-0.25, -0.2) is 5.90 Å². The molecule has 1 heterocycles. The van der Waals surface area contributed by atoms with E-state index in [1.165, 1.54) is 0 Å². The first-order chi connectivity index (χ1) is 9.72. The molecule has 0 spiro atoms. The molecule has 0 saturated carbocycles. The third-order valence-corrected chi connectivity index (χ3v) is 6.13. The summed E-state index contributed by atoms with van der Waals surface area (Å²) in [5.74, 6) is 5.12. The Kier molecular flexibility index (Phi) is 8.81. The third kappa shape index (κ3) is 5.74. The van der Waals surface area contributed by atoms with Crippen LogP contribution in [-0.2, 0) is 27.6 Å². The molecule has 0 amide bonds. The smallest absolute Gasteiger partial charge is 0.372 e. The van der Waals surface area contributed by atoms with Crippen molar-refractivity contribution < 1.29 is 27.6 Å². The van der Waals surface area contributed by atoms with Gasteiger partial charge in [0.05, 0.1) is 19.8 Å². The predicted octanol–water partition coefficient (Wildman–Crippen LogP) is 0.638. The van der Waals surface area contributed by atoms with Gasteiger partial charge in [0.2, 0.25) is 0 Å². The number of hydrogen-bond acceptors (Lipinski definition) is 7. The van der Waals surface area contributed by atoms with Crippen molar-refractivity contribution in [1.82, 2.24) is 0 Å². The van der Waals surface area contributed by atoms with Crippen LogP contribution < -0.4 is 5.90 Å². The second-order valence-electron chi connectivity index (χ2n) is 4.34. The van der Waals surface area contributed by atoms with Gasteiger partial charge >= 0.3 is 8.80 Å². The summed E-state index contributed by atoms with van der Waals surface area (Å²) >= 11 is 0. The zero-order chi connectivity index (χ0) is 14.8. The lowest BCUT2D eigenvalue weighted by Crippen LogP contribution is -2.58. The lowest BCUT2D eigenvalue weighted by molar-refractivity contribution is -0.0262. The zero-order valence-electron chi connectivity index (χ0n) is 12.6. The fourth-order valence-electron chi connectivity index (χ4n) is 1.93. The SMILES string of the molecule is CCO[Si](OCC)(OCC)C(CCON)OCC1CO1. The van der Waals surface area contributed by atoms with Crippen LogP contribution in [0.1, 0.15) is 27.2 Å². The Morgan fingerprint density at radius 2 is 1.70 bits per heavy atom. The van der Waals surface area contributed by atoms with Crippen molar-refractivity contribution in [3.8, 4) is 0 Å². The highest BCUT2D eigenvalue weighted by atomic mass is 28.4. The van der Waals surface area contributed by atoms with E-state index in [-0.39, 0.29) is 11.8 Å². The molecule has 0 aromatic rings. The molecule has 1 rings (SSSR count). The van der Waals surface area contributed by atoms with Crippen LogP contribution in [0.4, 0.5) is 0 Å². The van der Waals surface area contributed by atoms with E-state index >= 15 is 0 Å². The number of hydrogen-bond donors (Lipinski definition) is 1. The Balaban J connectivity index is 2.72. The number of epoxide rings is 1. The molecule has 2 atom stereocenters. The summed E-state index contributed by atoms with van der Waals surface area (Å²) in [7, 11) is -2.91. The van der Waals surface area contributed by atoms with E-state index in [4.69, 9.17) is 28.6 Å². The zero-order valence-corrected chi connectivity index (χ0v) is 13.6. The molecule has 0 aromatic heterocycles. The van der Waals surface area contributed by atoms with E-state index in [2.05, 4.69) is 4.84 Å². The van der Waals surface area contributed by atoms with E-state index in [1.807, 2.05) is 20.8 Å². The van der Waals surface area contributed by atoms with Crippen LogP contribution in [0.15, 0.2) is 0 Å². The molecule has 2 N–H and O–H groups in total. The Morgan fingerprint density at radius 3 is 2.10 bits per heavy atom. The molecule has 8 heteroatoms. The minimum Gasteiger partial charge on any atom is -0.372 e. The standard InChI is InChI=1S/C12H27NO6Si/c1-4-17-20(18-5-2,19-6-3)12(7-8-16-13)15-10-11-9-14-11/h11-12H,4-10,13H2,1-3H3. The Labute approximate surface area is 121 Å². The maximum atomic E-state index is 5.92. The van der Waals surface area contributed by atoms with Crippen LogP contribution in [0.2, 0.25) is 0 Å². The molecule has 120 valence electrons. The van der Waals surface area contributed by atoms with Crippen LogP contribution in [0, 0.1) is 0 Å². The van der Waals surface area contributed by atoms with Crippen molar-refractivity contribution in [2.75, 3.05) is 39.6 Å². The van der Waals surface area contributed by atoms with Gasteiger partial charge in [-0.15, -0.1) is 0 Å². The summed E-state index contributed by atoms with van der Waals surface area (Å²) < 4.78 is 28.6. The fraction of sp³-hybridized carbons (Fsp3) is 1.00. The normalized spacial score (nSPS) is 20.1. The summed E-state index contributed by atoms with van der Waals surface area (Å²) in [6.45, 7) is 8.89. The van der Waals surface area contributed by atoms with E-state index < -0.39 is 8.80 Å². The highest BCUT2D eigenvalue weighted by Gasteiger charge is 2.50. The first-order valence-corrected chi connectivity index (χ1v) is 8.99. The first-order valence-electron chi connectivity index (χ1n) is 7.19. The maximum absolute atomic E-state index is 5.92. The predicted molar refractivity (Wildman–Crippen MR) is 74.9 cm³/mol. The van der Waals surface area contributed by atoms with Crippen molar-refractivity contribution in [2.24, 2.45) is 5.90 Å². The number of rotatable bonds is 13. The molecule has 1 aliphatic rings. The molecule has 1 saturated heterocycles. The average molecular weight is 309 g/mol. The largest absolute Gasteiger partial charge is 0.531 e. The van der Waals surface area contributed by atoms with Gasteiger partial charge in [0.1, 0.15) is 11.8 Å². The second kappa shape index (κ2) is 9.80. The van der Waals surface area contributed by atoms with Gasteiger partial charge in [0.25, 0.3) is 0 Å². The fourth-order valence-corrected chi connectivity index (χ4v) is 4.72. The molecular weight excluding hydrogens is 282 g/mol.